The Bertz CT molecular complexity index is 337. The summed E-state index contributed by atoms with van der Waals surface area (Å²) in [4.78, 5) is 11.0. The summed E-state index contributed by atoms with van der Waals surface area (Å²) in [5.41, 5.74) is -0.830. The molecule has 0 amide bonds. The van der Waals surface area contributed by atoms with Crippen LogP contribution in [0, 0.1) is 5.92 Å². The van der Waals surface area contributed by atoms with Crippen LogP contribution in [0.4, 0.5) is 0 Å². The van der Waals surface area contributed by atoms with Gasteiger partial charge in [-0.25, -0.2) is 9.13 Å². The van der Waals surface area contributed by atoms with Crippen LogP contribution in [0.2, 0.25) is 0 Å². The van der Waals surface area contributed by atoms with E-state index in [4.69, 9.17) is 0 Å². The van der Waals surface area contributed by atoms with Gasteiger partial charge in [-0.1, -0.05) is 71.1 Å². The summed E-state index contributed by atoms with van der Waals surface area (Å²) in [6.07, 6.45) is 12.2. The van der Waals surface area contributed by atoms with E-state index in [0.717, 1.165) is 19.3 Å². The third kappa shape index (κ3) is 12.9. The Morgan fingerprint density at radius 2 is 1.32 bits per heavy atom. The van der Waals surface area contributed by atoms with Gasteiger partial charge in [0.1, 0.15) is 0 Å². The molecule has 0 saturated heterocycles. The molecule has 0 saturated carbocycles. The van der Waals surface area contributed by atoms with Crippen molar-refractivity contribution in [2.24, 2.45) is 5.92 Å². The molecule has 22 heavy (non-hydrogen) atoms. The normalized spacial score (nSPS) is 13.2. The van der Waals surface area contributed by atoms with Crippen LogP contribution in [-0.4, -0.2) is 11.6 Å². The van der Waals surface area contributed by atoms with Gasteiger partial charge < -0.3 is 9.90 Å². The molecule has 4 nitrogen and oxygen atoms in total. The van der Waals surface area contributed by atoms with Crippen LogP contribution in [0.1, 0.15) is 84.5 Å². The number of rotatable bonds is 14. The van der Waals surface area contributed by atoms with Gasteiger partial charge in [-0.3, -0.25) is 0 Å². The summed E-state index contributed by atoms with van der Waals surface area (Å²) >= 11 is 0. The molecular weight excluding hydrogens is 310 g/mol. The zero-order valence-corrected chi connectivity index (χ0v) is 17.4. The fraction of sp³-hybridized carbons (Fsp3) is 0.938. The first-order valence-electron chi connectivity index (χ1n) is 8.35. The summed E-state index contributed by atoms with van der Waals surface area (Å²) in [6.45, 7) is 3.66. The average Bonchev–Trinajstić information content (AvgIpc) is 2.43. The van der Waals surface area contributed by atoms with Crippen LogP contribution < -0.4 is 34.7 Å². The maximum Gasteiger partial charge on any atom is 1.00 e. The van der Waals surface area contributed by atoms with Crippen molar-refractivity contribution in [2.45, 2.75) is 90.1 Å². The molecule has 0 heterocycles. The summed E-state index contributed by atoms with van der Waals surface area (Å²) in [5, 5.41) is 11.0. The van der Waals surface area contributed by atoms with Crippen LogP contribution in [0.25, 0.3) is 0 Å². The van der Waals surface area contributed by atoms with Gasteiger partial charge in [-0.05, 0) is 13.3 Å². The quantitative estimate of drug-likeness (QED) is 0.271. The Morgan fingerprint density at radius 1 is 0.909 bits per heavy atom. The molecule has 0 spiro atoms. The SMILES string of the molecule is CCCCCCCCCCCCC(C(=O)[O-])C(C)P(=O)=O.[Na+]. The number of carboxylic acids is 1. The molecule has 0 aromatic heterocycles. The standard InChI is InChI=1S/C16H31O4P.Na/c1-3-4-5-6-7-8-9-10-11-12-13-15(16(17)18)14(2)21(19)20;/h14-15H,3-13H2,1-2H3,(H,17,18);/q;+1/p-1. The van der Waals surface area contributed by atoms with Gasteiger partial charge in [0.2, 0.25) is 0 Å². The molecule has 0 aromatic rings. The van der Waals surface area contributed by atoms with Gasteiger partial charge in [-0.2, -0.15) is 0 Å². The molecule has 0 bridgehead atoms. The topological polar surface area (TPSA) is 74.3 Å². The van der Waals surface area contributed by atoms with Gasteiger partial charge in [-0.15, -0.1) is 0 Å². The maximum absolute atomic E-state index is 11.0. The van der Waals surface area contributed by atoms with E-state index in [2.05, 4.69) is 6.92 Å². The van der Waals surface area contributed by atoms with E-state index in [9.17, 15) is 19.0 Å². The second kappa shape index (κ2) is 16.2. The molecular formula is C16H30NaO4P. The largest absolute Gasteiger partial charge is 1.00 e. The molecule has 0 radical (unpaired) electrons. The van der Waals surface area contributed by atoms with Gasteiger partial charge in [0, 0.05) is 11.9 Å². The second-order valence-electron chi connectivity index (χ2n) is 5.92. The van der Waals surface area contributed by atoms with Crippen LogP contribution >= 0.6 is 7.68 Å². The van der Waals surface area contributed by atoms with Crippen molar-refractivity contribution in [1.29, 1.82) is 0 Å². The molecule has 2 unspecified atom stereocenters. The van der Waals surface area contributed by atoms with E-state index in [1.807, 2.05) is 0 Å². The summed E-state index contributed by atoms with van der Waals surface area (Å²) in [7, 11) is -2.69. The minimum atomic E-state index is -2.69. The smallest absolute Gasteiger partial charge is 0.550 e. The molecule has 6 heteroatoms. The molecule has 0 fully saturated rings. The Hall–Kier alpha value is 0.370. The van der Waals surface area contributed by atoms with Crippen molar-refractivity contribution in [2.75, 3.05) is 0 Å². The zero-order chi connectivity index (χ0) is 16.1. The minimum Gasteiger partial charge on any atom is -0.550 e. The van der Waals surface area contributed by atoms with E-state index in [1.165, 1.54) is 51.9 Å². The second-order valence-corrected chi connectivity index (χ2v) is 7.31. The van der Waals surface area contributed by atoms with E-state index >= 15 is 0 Å². The molecule has 0 N–H and O–H groups in total. The third-order valence-electron chi connectivity index (χ3n) is 4.09. The van der Waals surface area contributed by atoms with Crippen LogP contribution in [0.3, 0.4) is 0 Å². The predicted octanol–water partition coefficient (Wildman–Crippen LogP) is 1.23. The fourth-order valence-corrected chi connectivity index (χ4v) is 3.12. The van der Waals surface area contributed by atoms with Crippen LogP contribution in [0.15, 0.2) is 0 Å². The maximum atomic E-state index is 11.0. The Balaban J connectivity index is 0. The first kappa shape index (κ1) is 24.6. The monoisotopic (exact) mass is 340 g/mol. The van der Waals surface area contributed by atoms with Crippen molar-refractivity contribution in [3.8, 4) is 0 Å². The Morgan fingerprint density at radius 3 is 1.68 bits per heavy atom. The average molecular weight is 340 g/mol. The summed E-state index contributed by atoms with van der Waals surface area (Å²) in [5.74, 6) is -2.10. The van der Waals surface area contributed by atoms with E-state index < -0.39 is 25.2 Å². The van der Waals surface area contributed by atoms with Crippen LogP contribution in [-0.2, 0) is 13.9 Å². The fourth-order valence-electron chi connectivity index (χ4n) is 2.55. The molecule has 0 aliphatic rings. The molecule has 0 rings (SSSR count). The van der Waals surface area contributed by atoms with Crippen molar-refractivity contribution >= 4 is 13.6 Å². The molecule has 0 aliphatic carbocycles. The number of aliphatic carboxylic acids is 1. The zero-order valence-electron chi connectivity index (χ0n) is 14.5. The third-order valence-corrected chi connectivity index (χ3v) is 5.11. The van der Waals surface area contributed by atoms with Crippen molar-refractivity contribution in [1.82, 2.24) is 0 Å². The first-order chi connectivity index (χ1) is 10.0. The van der Waals surface area contributed by atoms with Gasteiger partial charge in [0.15, 0.2) is 0 Å². The van der Waals surface area contributed by atoms with E-state index in [0.29, 0.717) is 6.42 Å². The summed E-state index contributed by atoms with van der Waals surface area (Å²) in [6, 6.07) is 0. The van der Waals surface area contributed by atoms with Crippen LogP contribution in [0.5, 0.6) is 0 Å². The van der Waals surface area contributed by atoms with Gasteiger partial charge >= 0.3 is 37.2 Å². The Labute approximate surface area is 157 Å². The number of unbranched alkanes of at least 4 members (excludes halogenated alkanes) is 9. The number of carboxylic acid groups (broad SMARTS) is 1. The van der Waals surface area contributed by atoms with Crippen molar-refractivity contribution in [3.05, 3.63) is 0 Å². The number of carbonyl (C=O) groups is 1. The number of hydrogen-bond donors (Lipinski definition) is 0. The number of carbonyl (C=O) groups excluding carboxylic acids is 1. The van der Waals surface area contributed by atoms with Gasteiger partial charge in [0.25, 0.3) is 0 Å². The van der Waals surface area contributed by atoms with Gasteiger partial charge in [0.05, 0.1) is 5.66 Å². The predicted molar refractivity (Wildman–Crippen MR) is 82.7 cm³/mol. The summed E-state index contributed by atoms with van der Waals surface area (Å²) < 4.78 is 21.7. The minimum absolute atomic E-state index is 0. The van der Waals surface area contributed by atoms with Crippen molar-refractivity contribution in [3.63, 3.8) is 0 Å². The van der Waals surface area contributed by atoms with Crippen molar-refractivity contribution < 1.29 is 48.6 Å². The molecule has 0 aliphatic heterocycles. The van der Waals surface area contributed by atoms with E-state index in [-0.39, 0.29) is 29.6 Å². The molecule has 0 aromatic carbocycles. The first-order valence-corrected chi connectivity index (χ1v) is 9.59. The van der Waals surface area contributed by atoms with E-state index in [1.54, 1.807) is 0 Å². The molecule has 2 atom stereocenters. The molecule has 124 valence electrons. The Kier molecular flexibility index (Phi) is 18.2. The number of hydrogen-bond acceptors (Lipinski definition) is 4.